The van der Waals surface area contributed by atoms with Crippen molar-refractivity contribution in [1.82, 2.24) is 15.0 Å². The van der Waals surface area contributed by atoms with Crippen molar-refractivity contribution in [2.45, 2.75) is 108 Å². The lowest BCUT2D eigenvalue weighted by atomic mass is 9.46. The summed E-state index contributed by atoms with van der Waals surface area (Å²) >= 11 is 0. The van der Waals surface area contributed by atoms with Gasteiger partial charge in [0, 0.05) is 66.0 Å². The van der Waals surface area contributed by atoms with Crippen molar-refractivity contribution >= 4 is 22.1 Å². The third-order valence-electron chi connectivity index (χ3n) is 15.1. The van der Waals surface area contributed by atoms with Gasteiger partial charge in [-0.05, 0) is 204 Å². The van der Waals surface area contributed by atoms with Crippen LogP contribution in [0.1, 0.15) is 131 Å². The van der Waals surface area contributed by atoms with Gasteiger partial charge >= 0.3 is 0 Å². The summed E-state index contributed by atoms with van der Waals surface area (Å²) in [4.78, 5) is 13.6. The molecule has 1 fully saturated rings. The summed E-state index contributed by atoms with van der Waals surface area (Å²) in [5.41, 5.74) is 1.37. The molecule has 1 saturated carbocycles. The minimum Gasteiger partial charge on any atom is -0.457 e. The van der Waals surface area contributed by atoms with Crippen LogP contribution in [0.15, 0.2) is 132 Å². The van der Waals surface area contributed by atoms with Crippen molar-refractivity contribution in [3.05, 3.63) is 172 Å². The van der Waals surface area contributed by atoms with E-state index in [-0.39, 0.29) is 101 Å². The van der Waals surface area contributed by atoms with Crippen molar-refractivity contribution < 1.29 is 35.2 Å². The van der Waals surface area contributed by atoms with Crippen LogP contribution in [0.3, 0.4) is 0 Å². The van der Waals surface area contributed by atoms with Gasteiger partial charge in [0.1, 0.15) is 17.1 Å². The molecule has 5 aromatic carbocycles. The van der Waals surface area contributed by atoms with E-state index in [1.165, 1.54) is 42.6 Å². The number of benzene rings is 5. The zero-order valence-corrected chi connectivity index (χ0v) is 39.7. The maximum atomic E-state index is 9.93. The standard InChI is InChI=1S/C64H65N3O2/c1-37-27-57(65-35-40(37)4)47-28-54(44-17-15-14-16-18-44)43(7)59(29-47)68-49-30-55-52-22-19-42(6)67-61(52)69-60(55)56(31-49)58-32-53(41(5)36-66-58)51-24-21-46(26-39(51)3)50-23-20-45(25-38(50)2)48-33-62(8,9)64(12,13)63(10,11)34-48/h14-32,35-36,48H,33-34H2,1-13H3/i1D3,2D3,3D3,4D3,6D3,7D3,48D. The molecule has 1 aliphatic rings. The third-order valence-corrected chi connectivity index (χ3v) is 15.1. The highest BCUT2D eigenvalue weighted by Crippen LogP contribution is 2.63. The van der Waals surface area contributed by atoms with Crippen LogP contribution in [0.2, 0.25) is 0 Å². The fraction of sp³-hybridized carbons (Fsp3) is 0.297. The lowest BCUT2D eigenvalue weighted by molar-refractivity contribution is -0.0744. The smallest absolute Gasteiger partial charge is 0.227 e. The molecule has 0 unspecified atom stereocenters. The Bertz CT molecular complexity index is 4200. The van der Waals surface area contributed by atoms with Gasteiger partial charge in [-0.2, -0.15) is 0 Å². The molecule has 9 aromatic rings. The van der Waals surface area contributed by atoms with Crippen molar-refractivity contribution in [1.29, 1.82) is 0 Å². The van der Waals surface area contributed by atoms with Gasteiger partial charge in [0.2, 0.25) is 5.71 Å². The van der Waals surface area contributed by atoms with E-state index in [9.17, 15) is 1.37 Å². The summed E-state index contributed by atoms with van der Waals surface area (Å²) < 4.78 is 177. The van der Waals surface area contributed by atoms with Crippen LogP contribution < -0.4 is 4.74 Å². The molecule has 348 valence electrons. The highest BCUT2D eigenvalue weighted by atomic mass is 16.5. The van der Waals surface area contributed by atoms with Crippen LogP contribution in [0.4, 0.5) is 0 Å². The van der Waals surface area contributed by atoms with Gasteiger partial charge in [-0.25, -0.2) is 4.98 Å². The highest BCUT2D eigenvalue weighted by molar-refractivity contribution is 6.09. The first-order valence-corrected chi connectivity index (χ1v) is 23.0. The predicted octanol–water partition coefficient (Wildman–Crippen LogP) is 18.0. The normalized spacial score (nSPS) is 21.1. The van der Waals surface area contributed by atoms with Gasteiger partial charge in [-0.15, -0.1) is 0 Å². The Morgan fingerprint density at radius 3 is 2.06 bits per heavy atom. The predicted molar refractivity (Wildman–Crippen MR) is 287 cm³/mol. The third kappa shape index (κ3) is 8.14. The lowest BCUT2D eigenvalue weighted by Gasteiger charge is -2.59. The van der Waals surface area contributed by atoms with Crippen molar-refractivity contribution in [3.63, 3.8) is 0 Å². The fourth-order valence-electron chi connectivity index (χ4n) is 10.0. The van der Waals surface area contributed by atoms with E-state index < -0.39 is 58.1 Å². The monoisotopic (exact) mass is 927 g/mol. The molecule has 0 saturated heterocycles. The summed E-state index contributed by atoms with van der Waals surface area (Å²) in [6, 6.07) is 30.0. The van der Waals surface area contributed by atoms with Gasteiger partial charge in [-0.1, -0.05) is 108 Å². The molecule has 5 heteroatoms. The Hall–Kier alpha value is -6.85. The molecule has 0 spiro atoms. The number of aromatic nitrogens is 3. The van der Waals surface area contributed by atoms with Gasteiger partial charge in [0.25, 0.3) is 0 Å². The van der Waals surface area contributed by atoms with E-state index in [1.807, 2.05) is 0 Å². The average molecular weight is 927 g/mol. The Balaban J connectivity index is 1.16. The first kappa shape index (κ1) is 28.6. The maximum Gasteiger partial charge on any atom is 0.227 e. The molecule has 5 nitrogen and oxygen atoms in total. The molecule has 4 heterocycles. The number of hydrogen-bond acceptors (Lipinski definition) is 5. The zero-order chi connectivity index (χ0) is 64.7. The van der Waals surface area contributed by atoms with Gasteiger partial charge < -0.3 is 9.15 Å². The van der Waals surface area contributed by atoms with Crippen LogP contribution in [0.5, 0.6) is 11.5 Å². The molecule has 0 aliphatic heterocycles. The van der Waals surface area contributed by atoms with Gasteiger partial charge in [-0.3, -0.25) is 9.97 Å². The van der Waals surface area contributed by atoms with Crippen LogP contribution in [0, 0.1) is 64.3 Å². The average Bonchev–Trinajstić information content (AvgIpc) is 0.821. The Kier molecular flexibility index (Phi) is 7.04. The molecule has 0 N–H and O–H groups in total. The van der Waals surface area contributed by atoms with Crippen molar-refractivity contribution in [2.24, 2.45) is 16.2 Å². The SMILES string of the molecule is [2H]C([2H])([2H])c1ccc2c(n1)oc1c(-c3cc(-c4ccc(-c5ccc(C6([2H])CC(C)(C)C(C)(C)C(C)(C)C6)cc5C([2H])([2H])[2H])cc4C([2H])([2H])[2H])c(C)cn3)cc(Oc3cc(-c4cc(C([2H])([2H])[2H])c(C([2H])([2H])[2H])cn4)cc(-c4ccccc4)c3C([2H])([2H])[2H])cc12. The Morgan fingerprint density at radius 1 is 0.565 bits per heavy atom. The summed E-state index contributed by atoms with van der Waals surface area (Å²) in [6.07, 6.45) is 3.48. The van der Waals surface area contributed by atoms with E-state index in [2.05, 4.69) is 51.5 Å². The van der Waals surface area contributed by atoms with Gasteiger partial charge in [0.15, 0.2) is 0 Å². The zero-order valence-electron chi connectivity index (χ0n) is 58.7. The minimum absolute atomic E-state index is 0.00260. The van der Waals surface area contributed by atoms with Crippen LogP contribution in [-0.2, 0) is 0 Å². The number of hydrogen-bond donors (Lipinski definition) is 0. The second-order valence-corrected chi connectivity index (χ2v) is 20.2. The summed E-state index contributed by atoms with van der Waals surface area (Å²) in [7, 11) is 0. The molecule has 10 rings (SSSR count). The van der Waals surface area contributed by atoms with Crippen molar-refractivity contribution in [3.8, 4) is 67.4 Å². The Labute approximate surface area is 435 Å². The summed E-state index contributed by atoms with van der Waals surface area (Å²) in [5, 5.41) is 0.667. The second-order valence-electron chi connectivity index (χ2n) is 20.2. The maximum absolute atomic E-state index is 9.93. The number of aryl methyl sites for hydroxylation is 6. The number of nitrogens with zero attached hydrogens (tertiary/aromatic N) is 3. The first-order chi connectivity index (χ1) is 40.4. The number of pyridine rings is 3. The highest BCUT2D eigenvalue weighted by Gasteiger charge is 2.53. The Morgan fingerprint density at radius 2 is 1.30 bits per heavy atom. The lowest BCUT2D eigenvalue weighted by Crippen LogP contribution is -2.49. The molecule has 0 bridgehead atoms. The quantitative estimate of drug-likeness (QED) is 0.152. The topological polar surface area (TPSA) is 61.0 Å². The summed E-state index contributed by atoms with van der Waals surface area (Å²) in [6.45, 7) is -1.85. The molecule has 69 heavy (non-hydrogen) atoms. The fourth-order valence-corrected chi connectivity index (χ4v) is 10.0. The minimum atomic E-state index is -2.89. The molecule has 1 aliphatic carbocycles. The summed E-state index contributed by atoms with van der Waals surface area (Å²) in [5.74, 6) is -1.34. The number of furan rings is 1. The van der Waals surface area contributed by atoms with Crippen molar-refractivity contribution in [2.75, 3.05) is 0 Å². The number of fused-ring (bicyclic) bond motifs is 3. The molecular formula is C64H65N3O2. The molecular weight excluding hydrogens is 843 g/mol. The van der Waals surface area contributed by atoms with Crippen LogP contribution >= 0.6 is 0 Å². The van der Waals surface area contributed by atoms with E-state index in [1.54, 1.807) is 79.7 Å². The second kappa shape index (κ2) is 17.0. The molecule has 4 aromatic heterocycles. The first-order valence-electron chi connectivity index (χ1n) is 32.5. The van der Waals surface area contributed by atoms with Crippen LogP contribution in [-0.4, -0.2) is 15.0 Å². The molecule has 0 amide bonds. The number of ether oxygens (including phenoxy) is 1. The number of rotatable bonds is 8. The van der Waals surface area contributed by atoms with E-state index in [0.717, 1.165) is 12.3 Å². The van der Waals surface area contributed by atoms with E-state index in [0.29, 0.717) is 51.4 Å². The molecule has 0 radical (unpaired) electrons. The molecule has 0 atom stereocenters. The van der Waals surface area contributed by atoms with Crippen LogP contribution in [0.25, 0.3) is 78.0 Å². The van der Waals surface area contributed by atoms with E-state index >= 15 is 0 Å². The van der Waals surface area contributed by atoms with E-state index in [4.69, 9.17) is 38.8 Å². The largest absolute Gasteiger partial charge is 0.457 e. The van der Waals surface area contributed by atoms with Gasteiger partial charge in [0.05, 0.1) is 11.4 Å².